The number of anilines is 1. The summed E-state index contributed by atoms with van der Waals surface area (Å²) >= 11 is 0. The van der Waals surface area contributed by atoms with E-state index in [1.165, 1.54) is 49.0 Å². The van der Waals surface area contributed by atoms with Crippen LogP contribution in [0, 0.1) is 0 Å². The fraction of sp³-hybridized carbons (Fsp3) is 0.357. The van der Waals surface area contributed by atoms with Crippen LogP contribution in [0.1, 0.15) is 59.2 Å². The molecule has 2 aromatic rings. The Bertz CT molecular complexity index is 1190. The van der Waals surface area contributed by atoms with Gasteiger partial charge in [0, 0.05) is 12.1 Å². The molecule has 1 saturated heterocycles. The molecule has 188 valence electrons. The number of allylic oxidation sites excluding steroid dienone is 1. The Morgan fingerprint density at radius 1 is 1.03 bits per heavy atom. The van der Waals surface area contributed by atoms with Gasteiger partial charge < -0.3 is 14.4 Å². The summed E-state index contributed by atoms with van der Waals surface area (Å²) in [5.41, 5.74) is 2.33. The van der Waals surface area contributed by atoms with Gasteiger partial charge in [0.25, 0.3) is 11.8 Å². The van der Waals surface area contributed by atoms with E-state index in [1.54, 1.807) is 24.3 Å². The number of carbonyl (C=O) groups excluding carboxylic acids is 4. The molecule has 0 radical (unpaired) electrons. The first kappa shape index (κ1) is 25.2. The molecule has 4 rings (SSSR count). The third-order valence-corrected chi connectivity index (χ3v) is 6.68. The first-order chi connectivity index (χ1) is 17.4. The van der Waals surface area contributed by atoms with Crippen LogP contribution in [0.4, 0.5) is 5.69 Å². The third kappa shape index (κ3) is 5.32. The van der Waals surface area contributed by atoms with E-state index < -0.39 is 23.8 Å². The molecule has 1 heterocycles. The van der Waals surface area contributed by atoms with Crippen LogP contribution < -0.4 is 9.64 Å². The number of nitrogens with zero attached hydrogens (tertiary/aromatic N) is 2. The number of amides is 3. The lowest BCUT2D eigenvalue weighted by Gasteiger charge is -2.29. The van der Waals surface area contributed by atoms with Gasteiger partial charge in [-0.1, -0.05) is 17.7 Å². The Balaban J connectivity index is 1.60. The van der Waals surface area contributed by atoms with Crippen LogP contribution in [0.15, 0.2) is 60.2 Å². The molecule has 2 aliphatic rings. The predicted octanol–water partition coefficient (Wildman–Crippen LogP) is 4.15. The molecule has 0 N–H and O–H groups in total. The Morgan fingerprint density at radius 3 is 2.47 bits per heavy atom. The fourth-order valence-electron chi connectivity index (χ4n) is 4.71. The van der Waals surface area contributed by atoms with Gasteiger partial charge in [-0.25, -0.2) is 9.69 Å². The smallest absolute Gasteiger partial charge is 0.337 e. The SMILES string of the molecule is COC(=O)c1ccc(N2C(=O)CC(N(CCC3=CCCCC3)C(=O)c3cccc(OC)c3)C2=O)cc1. The van der Waals surface area contributed by atoms with Crippen molar-refractivity contribution in [1.29, 1.82) is 0 Å². The molecule has 8 nitrogen and oxygen atoms in total. The van der Waals surface area contributed by atoms with Gasteiger partial charge >= 0.3 is 5.97 Å². The summed E-state index contributed by atoms with van der Waals surface area (Å²) < 4.78 is 9.98. The molecular formula is C28H30N2O6. The highest BCUT2D eigenvalue weighted by atomic mass is 16.5. The first-order valence-electron chi connectivity index (χ1n) is 12.1. The maximum absolute atomic E-state index is 13.6. The number of hydrogen-bond donors (Lipinski definition) is 0. The summed E-state index contributed by atoms with van der Waals surface area (Å²) in [7, 11) is 2.81. The summed E-state index contributed by atoms with van der Waals surface area (Å²) in [5, 5.41) is 0. The van der Waals surface area contributed by atoms with E-state index in [9.17, 15) is 19.2 Å². The van der Waals surface area contributed by atoms with Gasteiger partial charge in [-0.2, -0.15) is 0 Å². The van der Waals surface area contributed by atoms with Crippen molar-refractivity contribution in [2.24, 2.45) is 0 Å². The highest BCUT2D eigenvalue weighted by Gasteiger charge is 2.44. The minimum absolute atomic E-state index is 0.105. The zero-order chi connectivity index (χ0) is 25.7. The van der Waals surface area contributed by atoms with E-state index in [1.807, 2.05) is 0 Å². The number of esters is 1. The Kier molecular flexibility index (Phi) is 7.83. The normalized spacial score (nSPS) is 17.6. The average molecular weight is 491 g/mol. The second-order valence-electron chi connectivity index (χ2n) is 8.91. The van der Waals surface area contributed by atoms with Crippen molar-refractivity contribution in [1.82, 2.24) is 4.90 Å². The number of benzene rings is 2. The van der Waals surface area contributed by atoms with Gasteiger partial charge in [0.1, 0.15) is 11.8 Å². The van der Waals surface area contributed by atoms with E-state index in [4.69, 9.17) is 9.47 Å². The molecule has 1 fully saturated rings. The lowest BCUT2D eigenvalue weighted by Crippen LogP contribution is -2.46. The molecule has 8 heteroatoms. The lowest BCUT2D eigenvalue weighted by atomic mass is 9.96. The van der Waals surface area contributed by atoms with Crippen molar-refractivity contribution in [3.8, 4) is 5.75 Å². The minimum Gasteiger partial charge on any atom is -0.497 e. The third-order valence-electron chi connectivity index (χ3n) is 6.68. The molecule has 0 saturated carbocycles. The van der Waals surface area contributed by atoms with Gasteiger partial charge in [-0.15, -0.1) is 0 Å². The summed E-state index contributed by atoms with van der Waals surface area (Å²) in [5.74, 6) is -1.14. The van der Waals surface area contributed by atoms with Crippen LogP contribution in [0.3, 0.4) is 0 Å². The maximum Gasteiger partial charge on any atom is 0.337 e. The highest BCUT2D eigenvalue weighted by molar-refractivity contribution is 6.23. The van der Waals surface area contributed by atoms with Gasteiger partial charge in [0.2, 0.25) is 5.91 Å². The number of ether oxygens (including phenoxy) is 2. The molecule has 2 aromatic carbocycles. The quantitative estimate of drug-likeness (QED) is 0.314. The van der Waals surface area contributed by atoms with Crippen LogP contribution in [-0.4, -0.2) is 55.4 Å². The predicted molar refractivity (Wildman–Crippen MR) is 134 cm³/mol. The zero-order valence-electron chi connectivity index (χ0n) is 20.6. The Hall–Kier alpha value is -3.94. The molecule has 0 aromatic heterocycles. The van der Waals surface area contributed by atoms with Crippen LogP contribution >= 0.6 is 0 Å². The first-order valence-corrected chi connectivity index (χ1v) is 12.1. The van der Waals surface area contributed by atoms with Crippen molar-refractivity contribution in [3.63, 3.8) is 0 Å². The topological polar surface area (TPSA) is 93.2 Å². The second kappa shape index (κ2) is 11.2. The van der Waals surface area contributed by atoms with Crippen LogP contribution in [-0.2, 0) is 14.3 Å². The lowest BCUT2D eigenvalue weighted by molar-refractivity contribution is -0.122. The molecule has 3 amide bonds. The summed E-state index contributed by atoms with van der Waals surface area (Å²) in [6, 6.07) is 12.0. The largest absolute Gasteiger partial charge is 0.497 e. The number of imide groups is 1. The average Bonchev–Trinajstić information content (AvgIpc) is 3.22. The van der Waals surface area contributed by atoms with Crippen LogP contribution in [0.5, 0.6) is 5.75 Å². The second-order valence-corrected chi connectivity index (χ2v) is 8.91. The van der Waals surface area contributed by atoms with E-state index >= 15 is 0 Å². The van der Waals surface area contributed by atoms with Crippen LogP contribution in [0.2, 0.25) is 0 Å². The number of rotatable bonds is 8. The standard InChI is InChI=1S/C28H30N2O6/c1-35-23-10-6-9-21(17-23)26(32)29(16-15-19-7-4-3-5-8-19)24-18-25(31)30(27(24)33)22-13-11-20(12-14-22)28(34)36-2/h6-7,9-14,17,24H,3-5,8,15-16,18H2,1-2H3. The van der Waals surface area contributed by atoms with E-state index in [-0.39, 0.29) is 12.3 Å². The number of carbonyl (C=O) groups is 4. The van der Waals surface area contributed by atoms with E-state index in [2.05, 4.69) is 6.08 Å². The molecule has 0 bridgehead atoms. The van der Waals surface area contributed by atoms with Crippen molar-refractivity contribution in [2.45, 2.75) is 44.6 Å². The molecular weight excluding hydrogens is 460 g/mol. The molecule has 1 aliphatic heterocycles. The molecule has 1 unspecified atom stereocenters. The molecule has 0 spiro atoms. The van der Waals surface area contributed by atoms with Gasteiger partial charge in [-0.3, -0.25) is 14.4 Å². The monoisotopic (exact) mass is 490 g/mol. The van der Waals surface area contributed by atoms with E-state index in [0.717, 1.165) is 30.6 Å². The zero-order valence-corrected chi connectivity index (χ0v) is 20.6. The number of methoxy groups -OCH3 is 2. The maximum atomic E-state index is 13.6. The fourth-order valence-corrected chi connectivity index (χ4v) is 4.71. The summed E-state index contributed by atoms with van der Waals surface area (Å²) in [6.07, 6.45) is 7.05. The highest BCUT2D eigenvalue weighted by Crippen LogP contribution is 2.29. The van der Waals surface area contributed by atoms with Gasteiger partial charge in [-0.05, 0) is 74.6 Å². The Morgan fingerprint density at radius 2 is 1.81 bits per heavy atom. The Labute approximate surface area is 210 Å². The molecule has 1 atom stereocenters. The molecule has 36 heavy (non-hydrogen) atoms. The van der Waals surface area contributed by atoms with Crippen molar-refractivity contribution >= 4 is 29.4 Å². The van der Waals surface area contributed by atoms with E-state index in [0.29, 0.717) is 35.5 Å². The van der Waals surface area contributed by atoms with Crippen molar-refractivity contribution in [2.75, 3.05) is 25.7 Å². The van der Waals surface area contributed by atoms with Gasteiger partial charge in [0.15, 0.2) is 0 Å². The summed E-state index contributed by atoms with van der Waals surface area (Å²) in [6.45, 7) is 0.334. The van der Waals surface area contributed by atoms with Crippen LogP contribution in [0.25, 0.3) is 0 Å². The van der Waals surface area contributed by atoms with Gasteiger partial charge in [0.05, 0.1) is 31.9 Å². The van der Waals surface area contributed by atoms with Crippen molar-refractivity contribution in [3.05, 3.63) is 71.3 Å². The minimum atomic E-state index is -0.916. The summed E-state index contributed by atoms with van der Waals surface area (Å²) in [4.78, 5) is 54.5. The molecule has 1 aliphatic carbocycles. The van der Waals surface area contributed by atoms with Crippen molar-refractivity contribution < 1.29 is 28.7 Å². The number of hydrogen-bond acceptors (Lipinski definition) is 6.